The first-order valence-electron chi connectivity index (χ1n) is 12.7. The molecule has 2 aliphatic rings. The third-order valence-corrected chi connectivity index (χ3v) is 7.40. The maximum Gasteiger partial charge on any atom is 0.197 e. The first kappa shape index (κ1) is 29.2. The number of phenols is 3. The van der Waals surface area contributed by atoms with Crippen LogP contribution < -0.4 is 5.43 Å². The predicted octanol–water partition coefficient (Wildman–Crippen LogP) is -1.06. The largest absolute Gasteiger partial charge is 0.508 e. The molecule has 2 saturated heterocycles. The number of fused-ring (bicyclic) bond motifs is 1. The molecule has 2 aliphatic heterocycles. The van der Waals surface area contributed by atoms with Crippen LogP contribution in [0.4, 0.5) is 0 Å². The molecule has 14 nitrogen and oxygen atoms in total. The van der Waals surface area contributed by atoms with Crippen LogP contribution in [0.15, 0.2) is 45.6 Å². The summed E-state index contributed by atoms with van der Waals surface area (Å²) in [7, 11) is 0. The molecule has 14 heteroatoms. The summed E-state index contributed by atoms with van der Waals surface area (Å²) in [5.74, 6) is -1.39. The van der Waals surface area contributed by atoms with Crippen molar-refractivity contribution in [2.75, 3.05) is 6.61 Å². The van der Waals surface area contributed by atoms with Gasteiger partial charge in [0.1, 0.15) is 77.2 Å². The zero-order valence-corrected chi connectivity index (χ0v) is 21.5. The van der Waals surface area contributed by atoms with Crippen LogP contribution in [0.5, 0.6) is 17.2 Å². The van der Waals surface area contributed by atoms with Crippen LogP contribution in [-0.2, 0) is 14.2 Å². The van der Waals surface area contributed by atoms with Gasteiger partial charge in [0.05, 0.1) is 18.3 Å². The summed E-state index contributed by atoms with van der Waals surface area (Å²) in [6, 6.07) is 7.53. The van der Waals surface area contributed by atoms with Crippen LogP contribution in [0.1, 0.15) is 18.6 Å². The Balaban J connectivity index is 1.67. The molecule has 3 heterocycles. The van der Waals surface area contributed by atoms with Gasteiger partial charge >= 0.3 is 0 Å². The van der Waals surface area contributed by atoms with Crippen molar-refractivity contribution < 1.29 is 64.6 Å². The molecule has 222 valence electrons. The fraction of sp³-hybridized carbons (Fsp3) is 0.444. The van der Waals surface area contributed by atoms with E-state index < -0.39 is 84.8 Å². The molecule has 1 aromatic heterocycles. The second-order valence-corrected chi connectivity index (χ2v) is 10.1. The summed E-state index contributed by atoms with van der Waals surface area (Å²) in [5, 5.41) is 93.0. The van der Waals surface area contributed by atoms with E-state index in [2.05, 4.69) is 0 Å². The molecule has 0 bridgehead atoms. The van der Waals surface area contributed by atoms with Gasteiger partial charge in [-0.15, -0.1) is 0 Å². The van der Waals surface area contributed by atoms with Gasteiger partial charge in [-0.25, -0.2) is 0 Å². The summed E-state index contributed by atoms with van der Waals surface area (Å²) in [6.45, 7) is 0.613. The fourth-order valence-electron chi connectivity index (χ4n) is 5.12. The van der Waals surface area contributed by atoms with E-state index in [9.17, 15) is 50.8 Å². The maximum absolute atomic E-state index is 13.1. The Hall–Kier alpha value is -3.31. The molecule has 0 radical (unpaired) electrons. The highest BCUT2D eigenvalue weighted by Crippen LogP contribution is 2.45. The molecular formula is C27H30O14. The number of aliphatic hydroxyl groups is 6. The predicted molar refractivity (Wildman–Crippen MR) is 137 cm³/mol. The van der Waals surface area contributed by atoms with E-state index in [1.54, 1.807) is 0 Å². The van der Waals surface area contributed by atoms with E-state index >= 15 is 0 Å². The second kappa shape index (κ2) is 11.2. The van der Waals surface area contributed by atoms with E-state index in [4.69, 9.17) is 18.6 Å². The van der Waals surface area contributed by atoms with Crippen molar-refractivity contribution in [2.24, 2.45) is 0 Å². The van der Waals surface area contributed by atoms with Gasteiger partial charge in [-0.05, 0) is 31.2 Å². The normalized spacial score (nSPS) is 34.1. The molecule has 41 heavy (non-hydrogen) atoms. The number of hydrogen-bond acceptors (Lipinski definition) is 14. The molecule has 9 N–H and O–H groups in total. The Bertz CT molecular complexity index is 1460. The summed E-state index contributed by atoms with van der Waals surface area (Å²) < 4.78 is 23.0. The Morgan fingerprint density at radius 1 is 0.829 bits per heavy atom. The van der Waals surface area contributed by atoms with Crippen LogP contribution in [0.25, 0.3) is 22.3 Å². The number of aromatic hydroxyl groups is 3. The minimum absolute atomic E-state index is 0.0294. The van der Waals surface area contributed by atoms with Crippen LogP contribution in [0, 0.1) is 0 Å². The Kier molecular flexibility index (Phi) is 7.95. The Labute approximate surface area is 231 Å². The second-order valence-electron chi connectivity index (χ2n) is 10.1. The number of benzene rings is 2. The molecule has 0 spiro atoms. The molecule has 3 aromatic rings. The highest BCUT2D eigenvalue weighted by atomic mass is 16.7. The first-order valence-corrected chi connectivity index (χ1v) is 12.7. The zero-order valence-electron chi connectivity index (χ0n) is 21.5. The summed E-state index contributed by atoms with van der Waals surface area (Å²) in [4.78, 5) is 13.1. The van der Waals surface area contributed by atoms with Gasteiger partial charge < -0.3 is 64.6 Å². The zero-order chi connectivity index (χ0) is 29.7. The van der Waals surface area contributed by atoms with Crippen molar-refractivity contribution in [3.63, 3.8) is 0 Å². The van der Waals surface area contributed by atoms with E-state index in [1.165, 1.54) is 31.2 Å². The molecule has 0 unspecified atom stereocenters. The molecule has 0 saturated carbocycles. The summed E-state index contributed by atoms with van der Waals surface area (Å²) in [6.07, 6.45) is -16.0. The quantitative estimate of drug-likeness (QED) is 0.175. The first-order chi connectivity index (χ1) is 19.4. The highest BCUT2D eigenvalue weighted by Gasteiger charge is 2.51. The standard InChI is InChI=1S/C27H30O14/c1-9-19(33)21(35)23(37)27(38-9)41-26-22(36)20(34)16(8-28)40-25(26)18-13(31)6-12(30)17-14(32)7-15(39-24(17)18)10-2-4-11(29)5-3-10/h2-7,9,16,19-23,25-31,33-37H,8H2,1H3/t9-,16+,19+,20+,21-,22+,23+,25-,26-,27-/m0/s1. The third-order valence-electron chi connectivity index (χ3n) is 7.40. The van der Waals surface area contributed by atoms with E-state index in [0.29, 0.717) is 5.56 Å². The molecule has 2 fully saturated rings. The smallest absolute Gasteiger partial charge is 0.197 e. The minimum Gasteiger partial charge on any atom is -0.508 e. The monoisotopic (exact) mass is 578 g/mol. The Morgan fingerprint density at radius 2 is 1.51 bits per heavy atom. The SMILES string of the molecule is C[C@@H]1O[C@@H](O[C@H]2[C@H](O)[C@H](O)[C@@H](CO)O[C@H]2c2c(O)cc(O)c3c(=O)cc(-c4ccc(O)cc4)oc23)[C@H](O)[C@@H](O)[C@@H]1O. The van der Waals surface area contributed by atoms with Crippen LogP contribution in [0.2, 0.25) is 0 Å². The number of rotatable bonds is 5. The summed E-state index contributed by atoms with van der Waals surface area (Å²) in [5.41, 5.74) is -1.08. The molecule has 0 aliphatic carbocycles. The topological polar surface area (TPSA) is 240 Å². The third kappa shape index (κ3) is 5.14. The van der Waals surface area contributed by atoms with E-state index in [0.717, 1.165) is 12.1 Å². The number of hydrogen-bond donors (Lipinski definition) is 9. The molecule has 2 aromatic carbocycles. The van der Waals surface area contributed by atoms with Gasteiger partial charge in [0.25, 0.3) is 0 Å². The van der Waals surface area contributed by atoms with Crippen molar-refractivity contribution in [2.45, 2.75) is 68.1 Å². The Morgan fingerprint density at radius 3 is 2.17 bits per heavy atom. The minimum atomic E-state index is -1.85. The average molecular weight is 579 g/mol. The lowest BCUT2D eigenvalue weighted by atomic mass is 9.89. The van der Waals surface area contributed by atoms with Gasteiger partial charge in [0.2, 0.25) is 0 Å². The number of ether oxygens (including phenoxy) is 3. The van der Waals surface area contributed by atoms with Crippen molar-refractivity contribution in [3.8, 4) is 28.6 Å². The van der Waals surface area contributed by atoms with Crippen LogP contribution in [-0.4, -0.2) is 108 Å². The molecular weight excluding hydrogens is 548 g/mol. The van der Waals surface area contributed by atoms with Gasteiger partial charge in [0.15, 0.2) is 17.3 Å². The van der Waals surface area contributed by atoms with E-state index in [-0.39, 0.29) is 28.0 Å². The summed E-state index contributed by atoms with van der Waals surface area (Å²) >= 11 is 0. The van der Waals surface area contributed by atoms with Crippen molar-refractivity contribution in [3.05, 3.63) is 52.2 Å². The number of phenolic OH excluding ortho intramolecular Hbond substituents is 3. The number of aliphatic hydroxyl groups excluding tert-OH is 6. The fourth-order valence-corrected chi connectivity index (χ4v) is 5.12. The molecule has 0 amide bonds. The van der Waals surface area contributed by atoms with Crippen molar-refractivity contribution >= 4 is 11.0 Å². The lowest BCUT2D eigenvalue weighted by Crippen LogP contribution is -2.61. The maximum atomic E-state index is 13.1. The average Bonchev–Trinajstić information content (AvgIpc) is 2.93. The van der Waals surface area contributed by atoms with Gasteiger partial charge in [-0.2, -0.15) is 0 Å². The van der Waals surface area contributed by atoms with Crippen LogP contribution >= 0.6 is 0 Å². The highest BCUT2D eigenvalue weighted by molar-refractivity contribution is 5.89. The van der Waals surface area contributed by atoms with Crippen molar-refractivity contribution in [1.29, 1.82) is 0 Å². The lowest BCUT2D eigenvalue weighted by Gasteiger charge is -2.46. The van der Waals surface area contributed by atoms with Gasteiger partial charge in [-0.1, -0.05) is 0 Å². The van der Waals surface area contributed by atoms with Crippen LogP contribution in [0.3, 0.4) is 0 Å². The van der Waals surface area contributed by atoms with Gasteiger partial charge in [0, 0.05) is 17.7 Å². The molecule has 10 atom stereocenters. The van der Waals surface area contributed by atoms with Gasteiger partial charge in [-0.3, -0.25) is 4.79 Å². The van der Waals surface area contributed by atoms with E-state index in [1.807, 2.05) is 0 Å². The molecule has 5 rings (SSSR count). The lowest BCUT2D eigenvalue weighted by molar-refractivity contribution is -0.338. The van der Waals surface area contributed by atoms with Crippen molar-refractivity contribution in [1.82, 2.24) is 0 Å².